The molecular formula is C16H11ClN4OS. The summed E-state index contributed by atoms with van der Waals surface area (Å²) in [6.45, 7) is 1.96. The summed E-state index contributed by atoms with van der Waals surface area (Å²) in [4.78, 5) is 17.1. The van der Waals surface area contributed by atoms with Crippen molar-refractivity contribution >= 4 is 45.6 Å². The van der Waals surface area contributed by atoms with Crippen molar-refractivity contribution in [2.45, 2.75) is 6.92 Å². The fraction of sp³-hybridized carbons (Fsp3) is 0.0625. The summed E-state index contributed by atoms with van der Waals surface area (Å²) in [5.74, 6) is -0.488. The number of fused-ring (bicyclic) bond motifs is 1. The van der Waals surface area contributed by atoms with E-state index in [2.05, 4.69) is 10.3 Å². The number of aryl methyl sites for hydroxylation is 1. The lowest BCUT2D eigenvalue weighted by Crippen LogP contribution is -2.13. The first kappa shape index (κ1) is 15.3. The number of anilines is 1. The molecule has 0 spiro atoms. The smallest absolute Gasteiger partial charge is 0.266 e. The largest absolute Gasteiger partial charge is 0.321 e. The Kier molecular flexibility index (Phi) is 4.15. The van der Waals surface area contributed by atoms with Crippen LogP contribution in [0.2, 0.25) is 5.15 Å². The molecule has 0 bridgehead atoms. The van der Waals surface area contributed by atoms with E-state index in [1.807, 2.05) is 30.5 Å². The fourth-order valence-corrected chi connectivity index (χ4v) is 3.02. The molecule has 3 rings (SSSR count). The summed E-state index contributed by atoms with van der Waals surface area (Å²) < 4.78 is 1.74. The predicted molar refractivity (Wildman–Crippen MR) is 91.5 cm³/mol. The topological polar surface area (TPSA) is 70.2 Å². The van der Waals surface area contributed by atoms with Crippen LogP contribution in [0.15, 0.2) is 41.4 Å². The molecule has 0 aliphatic rings. The second-order valence-electron chi connectivity index (χ2n) is 4.83. The van der Waals surface area contributed by atoms with Crippen molar-refractivity contribution in [1.29, 1.82) is 5.26 Å². The van der Waals surface area contributed by atoms with Crippen LogP contribution in [0, 0.1) is 18.3 Å². The van der Waals surface area contributed by atoms with Crippen molar-refractivity contribution in [2.24, 2.45) is 0 Å². The standard InChI is InChI=1S/C16H11ClN4OS/c1-10-2-4-12(5-3-10)19-15(22)11(9-18)8-13-14(17)20-16-21(13)6-7-23-16/h2-8H,1H3,(H,19,22)/b11-8+. The number of nitrogens with one attached hydrogen (secondary N) is 1. The molecule has 1 amide bonds. The van der Waals surface area contributed by atoms with E-state index >= 15 is 0 Å². The molecule has 5 nitrogen and oxygen atoms in total. The van der Waals surface area contributed by atoms with Crippen LogP contribution in [0.4, 0.5) is 5.69 Å². The molecule has 7 heteroatoms. The van der Waals surface area contributed by atoms with Crippen molar-refractivity contribution in [2.75, 3.05) is 5.32 Å². The Hall–Kier alpha value is -2.62. The van der Waals surface area contributed by atoms with Crippen LogP contribution in [-0.4, -0.2) is 15.3 Å². The van der Waals surface area contributed by atoms with E-state index < -0.39 is 5.91 Å². The Morgan fingerprint density at radius 1 is 1.43 bits per heavy atom. The Morgan fingerprint density at radius 3 is 2.87 bits per heavy atom. The highest BCUT2D eigenvalue weighted by atomic mass is 35.5. The first-order chi connectivity index (χ1) is 11.1. The molecule has 0 fully saturated rings. The highest BCUT2D eigenvalue weighted by Gasteiger charge is 2.14. The summed E-state index contributed by atoms with van der Waals surface area (Å²) in [6, 6.07) is 9.24. The van der Waals surface area contributed by atoms with Gasteiger partial charge in [0.05, 0.1) is 5.69 Å². The molecule has 0 radical (unpaired) electrons. The van der Waals surface area contributed by atoms with E-state index in [1.165, 1.54) is 17.4 Å². The lowest BCUT2D eigenvalue weighted by molar-refractivity contribution is -0.112. The molecule has 23 heavy (non-hydrogen) atoms. The highest BCUT2D eigenvalue weighted by Crippen LogP contribution is 2.23. The minimum absolute atomic E-state index is 0.0412. The van der Waals surface area contributed by atoms with Gasteiger partial charge in [-0.15, -0.1) is 11.3 Å². The zero-order valence-corrected chi connectivity index (χ0v) is 13.6. The van der Waals surface area contributed by atoms with Gasteiger partial charge in [-0.25, -0.2) is 4.98 Å². The number of carbonyl (C=O) groups is 1. The number of halogens is 1. The molecule has 2 heterocycles. The van der Waals surface area contributed by atoms with Gasteiger partial charge in [0.2, 0.25) is 0 Å². The van der Waals surface area contributed by atoms with Crippen LogP contribution >= 0.6 is 22.9 Å². The predicted octanol–water partition coefficient (Wildman–Crippen LogP) is 3.90. The second-order valence-corrected chi connectivity index (χ2v) is 6.06. The van der Waals surface area contributed by atoms with Gasteiger partial charge in [-0.2, -0.15) is 5.26 Å². The average molecular weight is 343 g/mol. The van der Waals surface area contributed by atoms with Crippen molar-refractivity contribution < 1.29 is 4.79 Å². The van der Waals surface area contributed by atoms with Crippen LogP contribution in [0.1, 0.15) is 11.3 Å². The Balaban J connectivity index is 1.91. The van der Waals surface area contributed by atoms with Gasteiger partial charge in [0.15, 0.2) is 10.1 Å². The normalized spacial score (nSPS) is 11.4. The van der Waals surface area contributed by atoms with Gasteiger partial charge < -0.3 is 5.32 Å². The summed E-state index contributed by atoms with van der Waals surface area (Å²) in [7, 11) is 0. The lowest BCUT2D eigenvalue weighted by atomic mass is 10.2. The first-order valence-electron chi connectivity index (χ1n) is 6.69. The molecule has 2 aromatic heterocycles. The van der Waals surface area contributed by atoms with Gasteiger partial charge in [-0.3, -0.25) is 9.20 Å². The van der Waals surface area contributed by atoms with E-state index in [4.69, 9.17) is 11.6 Å². The molecule has 0 unspecified atom stereocenters. The van der Waals surface area contributed by atoms with Crippen LogP contribution in [0.25, 0.3) is 11.0 Å². The van der Waals surface area contributed by atoms with E-state index in [0.29, 0.717) is 16.3 Å². The van der Waals surface area contributed by atoms with Crippen LogP contribution < -0.4 is 5.32 Å². The fourth-order valence-electron chi connectivity index (χ4n) is 2.03. The summed E-state index contributed by atoms with van der Waals surface area (Å²) >= 11 is 7.51. The number of imidazole rings is 1. The van der Waals surface area contributed by atoms with Gasteiger partial charge in [-0.1, -0.05) is 29.3 Å². The van der Waals surface area contributed by atoms with E-state index in [-0.39, 0.29) is 10.7 Å². The Labute approximate surface area is 141 Å². The number of thiazole rings is 1. The number of hydrogen-bond acceptors (Lipinski definition) is 4. The van der Waals surface area contributed by atoms with Gasteiger partial charge in [0.1, 0.15) is 11.6 Å². The highest BCUT2D eigenvalue weighted by molar-refractivity contribution is 7.15. The molecule has 0 aliphatic carbocycles. The number of aromatic nitrogens is 2. The van der Waals surface area contributed by atoms with Crippen molar-refractivity contribution in [3.8, 4) is 6.07 Å². The second kappa shape index (κ2) is 6.24. The number of carbonyl (C=O) groups excluding carboxylic acids is 1. The third kappa shape index (κ3) is 3.11. The van der Waals surface area contributed by atoms with Crippen molar-refractivity contribution in [3.05, 3.63) is 57.8 Å². The zero-order valence-electron chi connectivity index (χ0n) is 12.1. The maximum atomic E-state index is 12.3. The number of nitrogens with zero attached hydrogens (tertiary/aromatic N) is 3. The van der Waals surface area contributed by atoms with Gasteiger partial charge in [0, 0.05) is 17.3 Å². The molecule has 0 saturated carbocycles. The third-order valence-electron chi connectivity index (χ3n) is 3.21. The quantitative estimate of drug-likeness (QED) is 0.579. The Bertz CT molecular complexity index is 947. The third-order valence-corrected chi connectivity index (χ3v) is 4.24. The average Bonchev–Trinajstić information content (AvgIpc) is 3.08. The SMILES string of the molecule is Cc1ccc(NC(=O)/C(C#N)=C/c2c(Cl)nc3sccn23)cc1. The molecular weight excluding hydrogens is 332 g/mol. The minimum Gasteiger partial charge on any atom is -0.321 e. The number of hydrogen-bond donors (Lipinski definition) is 1. The zero-order chi connectivity index (χ0) is 16.4. The minimum atomic E-state index is -0.488. The van der Waals surface area contributed by atoms with Crippen LogP contribution in [0.3, 0.4) is 0 Å². The lowest BCUT2D eigenvalue weighted by Gasteiger charge is -2.04. The molecule has 114 valence electrons. The monoisotopic (exact) mass is 342 g/mol. The van der Waals surface area contributed by atoms with E-state index in [1.54, 1.807) is 22.7 Å². The molecule has 1 N–H and O–H groups in total. The molecule has 0 atom stereocenters. The van der Waals surface area contributed by atoms with E-state index in [0.717, 1.165) is 5.56 Å². The Morgan fingerprint density at radius 2 is 2.17 bits per heavy atom. The maximum Gasteiger partial charge on any atom is 0.266 e. The molecule has 3 aromatic rings. The number of rotatable bonds is 3. The summed E-state index contributed by atoms with van der Waals surface area (Å²) in [6.07, 6.45) is 3.23. The first-order valence-corrected chi connectivity index (χ1v) is 7.95. The van der Waals surface area contributed by atoms with E-state index in [9.17, 15) is 10.1 Å². The van der Waals surface area contributed by atoms with Crippen LogP contribution in [0.5, 0.6) is 0 Å². The van der Waals surface area contributed by atoms with Crippen molar-refractivity contribution in [3.63, 3.8) is 0 Å². The van der Waals surface area contributed by atoms with Gasteiger partial charge in [-0.05, 0) is 25.1 Å². The molecule has 1 aromatic carbocycles. The summed E-state index contributed by atoms with van der Waals surface area (Å²) in [5.41, 5.74) is 2.19. The van der Waals surface area contributed by atoms with Gasteiger partial charge >= 0.3 is 0 Å². The van der Waals surface area contributed by atoms with Crippen LogP contribution in [-0.2, 0) is 4.79 Å². The number of nitriles is 1. The summed E-state index contributed by atoms with van der Waals surface area (Å²) in [5, 5.41) is 14.1. The molecule has 0 saturated heterocycles. The molecule has 0 aliphatic heterocycles. The maximum absolute atomic E-state index is 12.3. The number of amides is 1. The van der Waals surface area contributed by atoms with Gasteiger partial charge in [0.25, 0.3) is 5.91 Å². The number of benzene rings is 1. The van der Waals surface area contributed by atoms with Crippen molar-refractivity contribution in [1.82, 2.24) is 9.38 Å².